The van der Waals surface area contributed by atoms with Crippen LogP contribution in [0.25, 0.3) is 0 Å². The van der Waals surface area contributed by atoms with Crippen molar-refractivity contribution in [2.24, 2.45) is 0 Å². The Bertz CT molecular complexity index is 1050. The van der Waals surface area contributed by atoms with Gasteiger partial charge in [-0.05, 0) is 55.2 Å². The summed E-state index contributed by atoms with van der Waals surface area (Å²) < 4.78 is 38.2. The largest absolute Gasteiger partial charge is 0.493 e. The number of benzene rings is 2. The van der Waals surface area contributed by atoms with E-state index < -0.39 is 15.9 Å². The Morgan fingerprint density at radius 2 is 1.69 bits per heavy atom. The van der Waals surface area contributed by atoms with E-state index in [1.54, 1.807) is 14.2 Å². The molecule has 1 saturated heterocycles. The topological polar surface area (TPSA) is 84.9 Å². The second kappa shape index (κ2) is 11.0. The van der Waals surface area contributed by atoms with Crippen molar-refractivity contribution in [3.63, 3.8) is 0 Å². The number of nitrogens with zero attached hydrogens (tertiary/aromatic N) is 1. The molecule has 7 nitrogen and oxygen atoms in total. The van der Waals surface area contributed by atoms with Gasteiger partial charge in [-0.25, -0.2) is 8.42 Å². The maximum Gasteiger partial charge on any atom is 0.252 e. The van der Waals surface area contributed by atoms with Crippen LogP contribution in [-0.4, -0.2) is 52.5 Å². The van der Waals surface area contributed by atoms with Gasteiger partial charge in [-0.3, -0.25) is 4.79 Å². The first-order valence-electron chi connectivity index (χ1n) is 10.7. The number of hydrogen-bond acceptors (Lipinski definition) is 5. The summed E-state index contributed by atoms with van der Waals surface area (Å²) in [5.74, 6) is 0.837. The van der Waals surface area contributed by atoms with Gasteiger partial charge >= 0.3 is 0 Å². The lowest BCUT2D eigenvalue weighted by atomic mass is 10.1. The molecule has 0 bridgehead atoms. The van der Waals surface area contributed by atoms with Crippen molar-refractivity contribution in [1.29, 1.82) is 0 Å². The zero-order chi connectivity index (χ0) is 23.1. The van der Waals surface area contributed by atoms with E-state index in [-0.39, 0.29) is 15.5 Å². The summed E-state index contributed by atoms with van der Waals surface area (Å²) in [6.45, 7) is 1.35. The van der Waals surface area contributed by atoms with Crippen LogP contribution in [0.4, 0.5) is 0 Å². The Balaban J connectivity index is 1.69. The van der Waals surface area contributed by atoms with Gasteiger partial charge in [-0.2, -0.15) is 4.31 Å². The first-order chi connectivity index (χ1) is 15.4. The van der Waals surface area contributed by atoms with Crippen LogP contribution in [0.3, 0.4) is 0 Å². The Morgan fingerprint density at radius 1 is 1.00 bits per heavy atom. The fraction of sp³-hybridized carbons (Fsp3) is 0.435. The highest BCUT2D eigenvalue weighted by atomic mass is 35.5. The fourth-order valence-corrected chi connectivity index (χ4v) is 5.47. The first-order valence-corrected chi connectivity index (χ1v) is 12.5. The summed E-state index contributed by atoms with van der Waals surface area (Å²) in [5, 5.41) is 3.03. The van der Waals surface area contributed by atoms with Crippen molar-refractivity contribution >= 4 is 27.5 Å². The molecule has 0 atom stereocenters. The van der Waals surface area contributed by atoms with E-state index in [9.17, 15) is 13.2 Å². The standard InChI is InChI=1S/C23H29ClN2O5S/c1-30-21-10-7-17(15-22(21)31-2)11-12-25-23(27)19-16-18(8-9-20(19)24)32(28,29)26-13-5-3-4-6-14-26/h7-10,15-16H,3-6,11-14H2,1-2H3,(H,25,27). The summed E-state index contributed by atoms with van der Waals surface area (Å²) in [6, 6.07) is 9.86. The highest BCUT2D eigenvalue weighted by Crippen LogP contribution is 2.28. The zero-order valence-electron chi connectivity index (χ0n) is 18.4. The van der Waals surface area contributed by atoms with Gasteiger partial charge in [-0.15, -0.1) is 0 Å². The highest BCUT2D eigenvalue weighted by Gasteiger charge is 2.26. The molecule has 3 rings (SSSR count). The number of methoxy groups -OCH3 is 2. The number of carbonyl (C=O) groups excluding carboxylic acids is 1. The highest BCUT2D eigenvalue weighted by molar-refractivity contribution is 7.89. The lowest BCUT2D eigenvalue weighted by Crippen LogP contribution is -2.32. The van der Waals surface area contributed by atoms with Crippen LogP contribution in [0.15, 0.2) is 41.3 Å². The molecule has 1 aliphatic rings. The maximum absolute atomic E-state index is 13.1. The van der Waals surface area contributed by atoms with Crippen LogP contribution in [0.2, 0.25) is 5.02 Å². The number of amides is 1. The summed E-state index contributed by atoms with van der Waals surface area (Å²) in [4.78, 5) is 12.8. The summed E-state index contributed by atoms with van der Waals surface area (Å²) in [6.07, 6.45) is 4.31. The molecule has 32 heavy (non-hydrogen) atoms. The minimum absolute atomic E-state index is 0.0915. The van der Waals surface area contributed by atoms with Crippen molar-refractivity contribution in [2.45, 2.75) is 37.0 Å². The predicted molar refractivity (Wildman–Crippen MR) is 124 cm³/mol. The van der Waals surface area contributed by atoms with E-state index in [2.05, 4.69) is 5.32 Å². The molecule has 174 valence electrons. The third-order valence-corrected chi connectivity index (χ3v) is 7.76. The zero-order valence-corrected chi connectivity index (χ0v) is 20.0. The maximum atomic E-state index is 13.1. The molecule has 1 heterocycles. The van der Waals surface area contributed by atoms with Crippen LogP contribution in [0.5, 0.6) is 11.5 Å². The second-order valence-corrected chi connectivity index (χ2v) is 10.0. The second-order valence-electron chi connectivity index (χ2n) is 7.66. The van der Waals surface area contributed by atoms with Crippen LogP contribution in [0, 0.1) is 0 Å². The molecule has 0 aliphatic carbocycles. The van der Waals surface area contributed by atoms with E-state index in [1.165, 1.54) is 22.5 Å². The van der Waals surface area contributed by atoms with Gasteiger partial charge in [0.1, 0.15) is 0 Å². The van der Waals surface area contributed by atoms with Crippen molar-refractivity contribution in [1.82, 2.24) is 9.62 Å². The molecule has 1 amide bonds. The van der Waals surface area contributed by atoms with Gasteiger partial charge < -0.3 is 14.8 Å². The molecule has 1 N–H and O–H groups in total. The van der Waals surface area contributed by atoms with Crippen LogP contribution < -0.4 is 14.8 Å². The molecule has 1 fully saturated rings. The van der Waals surface area contributed by atoms with Crippen molar-refractivity contribution in [2.75, 3.05) is 33.9 Å². The van der Waals surface area contributed by atoms with E-state index in [1.807, 2.05) is 18.2 Å². The molecular weight excluding hydrogens is 452 g/mol. The van der Waals surface area contributed by atoms with Crippen molar-refractivity contribution < 1.29 is 22.7 Å². The van der Waals surface area contributed by atoms with Crippen molar-refractivity contribution in [3.8, 4) is 11.5 Å². The number of sulfonamides is 1. The SMILES string of the molecule is COc1ccc(CCNC(=O)c2cc(S(=O)(=O)N3CCCCCC3)ccc2Cl)cc1OC. The smallest absolute Gasteiger partial charge is 0.252 e. The van der Waals surface area contributed by atoms with Gasteiger partial charge in [0.15, 0.2) is 11.5 Å². The van der Waals surface area contributed by atoms with Crippen LogP contribution in [0.1, 0.15) is 41.6 Å². The van der Waals surface area contributed by atoms with Gasteiger partial charge in [-0.1, -0.05) is 30.5 Å². The van der Waals surface area contributed by atoms with Gasteiger partial charge in [0.05, 0.1) is 29.7 Å². The normalized spacial score (nSPS) is 15.1. The minimum Gasteiger partial charge on any atom is -0.493 e. The average molecular weight is 481 g/mol. The number of hydrogen-bond donors (Lipinski definition) is 1. The van der Waals surface area contributed by atoms with E-state index in [4.69, 9.17) is 21.1 Å². The molecule has 9 heteroatoms. The Morgan fingerprint density at radius 3 is 2.34 bits per heavy atom. The average Bonchev–Trinajstić information content (AvgIpc) is 3.09. The van der Waals surface area contributed by atoms with Crippen molar-refractivity contribution in [3.05, 3.63) is 52.5 Å². The molecule has 0 aromatic heterocycles. The van der Waals surface area contributed by atoms with E-state index in [0.29, 0.717) is 37.6 Å². The van der Waals surface area contributed by atoms with Gasteiger partial charge in [0.25, 0.3) is 5.91 Å². The molecule has 2 aromatic rings. The third-order valence-electron chi connectivity index (χ3n) is 5.53. The van der Waals surface area contributed by atoms with E-state index >= 15 is 0 Å². The van der Waals surface area contributed by atoms with E-state index in [0.717, 1.165) is 31.2 Å². The quantitative estimate of drug-likeness (QED) is 0.619. The number of ether oxygens (including phenoxy) is 2. The van der Waals surface area contributed by atoms with Gasteiger partial charge in [0, 0.05) is 19.6 Å². The third kappa shape index (κ3) is 5.74. The summed E-state index contributed by atoms with van der Waals surface area (Å²) in [5.41, 5.74) is 1.11. The Hall–Kier alpha value is -2.29. The van der Waals surface area contributed by atoms with Crippen LogP contribution >= 0.6 is 11.6 Å². The number of rotatable bonds is 8. The lowest BCUT2D eigenvalue weighted by Gasteiger charge is -2.20. The van der Waals surface area contributed by atoms with Crippen LogP contribution in [-0.2, 0) is 16.4 Å². The number of halogens is 1. The van der Waals surface area contributed by atoms with Gasteiger partial charge in [0.2, 0.25) is 10.0 Å². The Kier molecular flexibility index (Phi) is 8.39. The monoisotopic (exact) mass is 480 g/mol. The Labute approximate surface area is 194 Å². The predicted octanol–water partition coefficient (Wildman–Crippen LogP) is 3.89. The minimum atomic E-state index is -3.67. The molecule has 0 radical (unpaired) electrons. The summed E-state index contributed by atoms with van der Waals surface area (Å²) in [7, 11) is -0.527. The first kappa shape index (κ1) is 24.4. The number of nitrogens with one attached hydrogen (secondary N) is 1. The molecule has 0 spiro atoms. The molecular formula is C23H29ClN2O5S. The molecule has 0 saturated carbocycles. The molecule has 0 unspecified atom stereocenters. The molecule has 2 aromatic carbocycles. The lowest BCUT2D eigenvalue weighted by molar-refractivity contribution is 0.0954. The fourth-order valence-electron chi connectivity index (χ4n) is 3.72. The molecule has 1 aliphatic heterocycles. The number of carbonyl (C=O) groups is 1. The summed E-state index contributed by atoms with van der Waals surface area (Å²) >= 11 is 6.22.